The molecule has 0 aliphatic carbocycles. The highest BCUT2D eigenvalue weighted by atomic mass is 16.2. The molecule has 110 valence electrons. The van der Waals surface area contributed by atoms with E-state index in [0.29, 0.717) is 0 Å². The van der Waals surface area contributed by atoms with Gasteiger partial charge in [0.15, 0.2) is 0 Å². The average Bonchev–Trinajstić information content (AvgIpc) is 2.46. The summed E-state index contributed by atoms with van der Waals surface area (Å²) >= 11 is 0. The van der Waals surface area contributed by atoms with Crippen LogP contribution in [0.2, 0.25) is 0 Å². The SMILES string of the molecule is C#CC(C)(C)N1C(=O)C(C)(c2ccccc2)NC(=O)C1C. The number of terminal acetylenes is 1. The summed E-state index contributed by atoms with van der Waals surface area (Å²) < 4.78 is 0. The first-order valence-electron chi connectivity index (χ1n) is 6.93. The summed E-state index contributed by atoms with van der Waals surface area (Å²) in [7, 11) is 0. The van der Waals surface area contributed by atoms with Crippen LogP contribution in [-0.2, 0) is 15.1 Å². The maximum atomic E-state index is 13.0. The molecule has 1 aliphatic heterocycles. The topological polar surface area (TPSA) is 49.4 Å². The van der Waals surface area contributed by atoms with Crippen molar-refractivity contribution in [2.75, 3.05) is 0 Å². The molecule has 2 amide bonds. The maximum Gasteiger partial charge on any atom is 0.254 e. The molecule has 0 spiro atoms. The Kier molecular flexibility index (Phi) is 3.54. The minimum atomic E-state index is -1.10. The molecule has 4 nitrogen and oxygen atoms in total. The molecule has 1 heterocycles. The lowest BCUT2D eigenvalue weighted by Crippen LogP contribution is -2.70. The van der Waals surface area contributed by atoms with E-state index in [-0.39, 0.29) is 11.8 Å². The number of rotatable bonds is 2. The maximum absolute atomic E-state index is 13.0. The molecule has 21 heavy (non-hydrogen) atoms. The fourth-order valence-electron chi connectivity index (χ4n) is 2.71. The molecule has 2 unspecified atom stereocenters. The highest BCUT2D eigenvalue weighted by Crippen LogP contribution is 2.32. The first-order chi connectivity index (χ1) is 9.74. The van der Waals surface area contributed by atoms with Crippen molar-refractivity contribution in [2.45, 2.75) is 44.8 Å². The highest BCUT2D eigenvalue weighted by molar-refractivity contribution is 6.00. The lowest BCUT2D eigenvalue weighted by Gasteiger charge is -2.48. The molecule has 0 radical (unpaired) electrons. The van der Waals surface area contributed by atoms with Crippen molar-refractivity contribution in [3.8, 4) is 12.3 Å². The van der Waals surface area contributed by atoms with Crippen molar-refractivity contribution < 1.29 is 9.59 Å². The summed E-state index contributed by atoms with van der Waals surface area (Å²) in [6.07, 6.45) is 5.56. The Bertz CT molecular complexity index is 615. The van der Waals surface area contributed by atoms with Gasteiger partial charge in [-0.1, -0.05) is 36.3 Å². The summed E-state index contributed by atoms with van der Waals surface area (Å²) in [6, 6.07) is 8.61. The fraction of sp³-hybridized carbons (Fsp3) is 0.412. The van der Waals surface area contributed by atoms with E-state index in [0.717, 1.165) is 5.56 Å². The number of carbonyl (C=O) groups excluding carboxylic acids is 2. The third kappa shape index (κ3) is 2.29. The van der Waals surface area contributed by atoms with Crippen LogP contribution in [-0.4, -0.2) is 28.3 Å². The van der Waals surface area contributed by atoms with Gasteiger partial charge in [-0.3, -0.25) is 9.59 Å². The fourth-order valence-corrected chi connectivity index (χ4v) is 2.71. The predicted octanol–water partition coefficient (Wildman–Crippen LogP) is 1.66. The third-order valence-electron chi connectivity index (χ3n) is 4.09. The van der Waals surface area contributed by atoms with Crippen molar-refractivity contribution >= 4 is 11.8 Å². The van der Waals surface area contributed by atoms with Crippen LogP contribution < -0.4 is 5.32 Å². The van der Waals surface area contributed by atoms with Crippen molar-refractivity contribution in [3.63, 3.8) is 0 Å². The quantitative estimate of drug-likeness (QED) is 0.840. The van der Waals surface area contributed by atoms with Crippen LogP contribution in [0.4, 0.5) is 0 Å². The zero-order valence-electron chi connectivity index (χ0n) is 12.8. The van der Waals surface area contributed by atoms with Crippen molar-refractivity contribution in [2.24, 2.45) is 0 Å². The van der Waals surface area contributed by atoms with Crippen molar-refractivity contribution in [1.29, 1.82) is 0 Å². The van der Waals surface area contributed by atoms with Gasteiger partial charge in [0.25, 0.3) is 5.91 Å². The molecule has 4 heteroatoms. The van der Waals surface area contributed by atoms with Gasteiger partial charge in [-0.05, 0) is 33.3 Å². The van der Waals surface area contributed by atoms with E-state index in [1.54, 1.807) is 27.7 Å². The molecule has 0 aromatic heterocycles. The van der Waals surface area contributed by atoms with Gasteiger partial charge in [0.05, 0.1) is 5.54 Å². The predicted molar refractivity (Wildman–Crippen MR) is 81.2 cm³/mol. The highest BCUT2D eigenvalue weighted by Gasteiger charge is 2.51. The molecule has 2 atom stereocenters. The Labute approximate surface area is 125 Å². The lowest BCUT2D eigenvalue weighted by atomic mass is 9.84. The second-order valence-corrected chi connectivity index (χ2v) is 6.03. The van der Waals surface area contributed by atoms with Crippen LogP contribution in [0.15, 0.2) is 30.3 Å². The molecule has 1 aromatic carbocycles. The molecule has 1 aliphatic rings. The number of benzene rings is 1. The van der Waals surface area contributed by atoms with Crippen LogP contribution in [0.25, 0.3) is 0 Å². The second-order valence-electron chi connectivity index (χ2n) is 6.03. The van der Waals surface area contributed by atoms with Gasteiger partial charge in [0.1, 0.15) is 11.6 Å². The number of nitrogens with one attached hydrogen (secondary N) is 1. The minimum Gasteiger partial charge on any atom is -0.336 e. The minimum absolute atomic E-state index is 0.191. The third-order valence-corrected chi connectivity index (χ3v) is 4.09. The molecular weight excluding hydrogens is 264 g/mol. The number of piperazine rings is 1. The zero-order valence-corrected chi connectivity index (χ0v) is 12.8. The van der Waals surface area contributed by atoms with Crippen LogP contribution in [0, 0.1) is 12.3 Å². The molecule has 2 rings (SSSR count). The molecule has 0 bridgehead atoms. The Morgan fingerprint density at radius 2 is 1.86 bits per heavy atom. The molecule has 1 N–H and O–H groups in total. The first kappa shape index (κ1) is 15.1. The van der Waals surface area contributed by atoms with Crippen LogP contribution in [0.1, 0.15) is 33.3 Å². The second kappa shape index (κ2) is 4.92. The summed E-state index contributed by atoms with van der Waals surface area (Å²) in [5, 5.41) is 2.84. The average molecular weight is 284 g/mol. The van der Waals surface area contributed by atoms with E-state index in [1.165, 1.54) is 4.90 Å². The zero-order chi connectivity index (χ0) is 15.8. The standard InChI is InChI=1S/C17H20N2O2/c1-6-16(3,4)19-12(2)14(20)18-17(5,15(19)21)13-10-8-7-9-11-13/h1,7-12H,2-5H3,(H,18,20). The molecular formula is C17H20N2O2. The van der Waals surface area contributed by atoms with E-state index in [4.69, 9.17) is 6.42 Å². The summed E-state index contributed by atoms with van der Waals surface area (Å²) in [4.78, 5) is 26.9. The monoisotopic (exact) mass is 284 g/mol. The summed E-state index contributed by atoms with van der Waals surface area (Å²) in [5.41, 5.74) is -1.18. The Hall–Kier alpha value is -2.28. The van der Waals surface area contributed by atoms with Crippen molar-refractivity contribution in [1.82, 2.24) is 10.2 Å². The number of carbonyl (C=O) groups is 2. The lowest BCUT2D eigenvalue weighted by molar-refractivity contribution is -0.158. The van der Waals surface area contributed by atoms with Gasteiger partial charge >= 0.3 is 0 Å². The van der Waals surface area contributed by atoms with E-state index >= 15 is 0 Å². The van der Waals surface area contributed by atoms with Gasteiger partial charge in [0, 0.05) is 0 Å². The largest absolute Gasteiger partial charge is 0.336 e. The summed E-state index contributed by atoms with van der Waals surface area (Å²) in [5.74, 6) is 2.21. The van der Waals surface area contributed by atoms with E-state index in [1.807, 2.05) is 30.3 Å². The molecule has 0 saturated carbocycles. The Balaban J connectivity index is 2.54. The normalized spacial score (nSPS) is 26.2. The summed E-state index contributed by atoms with van der Waals surface area (Å²) in [6.45, 7) is 6.95. The molecule has 1 fully saturated rings. The van der Waals surface area contributed by atoms with Crippen molar-refractivity contribution in [3.05, 3.63) is 35.9 Å². The number of nitrogens with zero attached hydrogens (tertiary/aromatic N) is 1. The van der Waals surface area contributed by atoms with Gasteiger partial charge in [-0.2, -0.15) is 0 Å². The van der Waals surface area contributed by atoms with Crippen LogP contribution in [0.5, 0.6) is 0 Å². The first-order valence-corrected chi connectivity index (χ1v) is 6.93. The van der Waals surface area contributed by atoms with E-state index < -0.39 is 17.1 Å². The van der Waals surface area contributed by atoms with E-state index in [2.05, 4.69) is 11.2 Å². The van der Waals surface area contributed by atoms with Gasteiger partial charge < -0.3 is 10.2 Å². The number of amides is 2. The van der Waals surface area contributed by atoms with Gasteiger partial charge in [-0.25, -0.2) is 0 Å². The van der Waals surface area contributed by atoms with E-state index in [9.17, 15) is 9.59 Å². The Morgan fingerprint density at radius 1 is 1.29 bits per heavy atom. The Morgan fingerprint density at radius 3 is 2.38 bits per heavy atom. The van der Waals surface area contributed by atoms with Crippen LogP contribution in [0.3, 0.4) is 0 Å². The van der Waals surface area contributed by atoms with Crippen LogP contribution >= 0.6 is 0 Å². The molecule has 1 aromatic rings. The smallest absolute Gasteiger partial charge is 0.254 e. The molecule has 1 saturated heterocycles. The van der Waals surface area contributed by atoms with Gasteiger partial charge in [-0.15, -0.1) is 6.42 Å². The number of hydrogen-bond donors (Lipinski definition) is 1. The number of hydrogen-bond acceptors (Lipinski definition) is 2. The van der Waals surface area contributed by atoms with Gasteiger partial charge in [0.2, 0.25) is 5.91 Å².